The fourth-order valence-corrected chi connectivity index (χ4v) is 2.82. The zero-order valence-electron chi connectivity index (χ0n) is 13.1. The minimum absolute atomic E-state index is 0.0852. The molecule has 1 aromatic carbocycles. The number of aromatic nitrogens is 2. The Morgan fingerprint density at radius 1 is 1.27 bits per heavy atom. The highest BCUT2D eigenvalue weighted by Crippen LogP contribution is 2.32. The van der Waals surface area contributed by atoms with Crippen LogP contribution in [0.2, 0.25) is 0 Å². The first-order valence-electron chi connectivity index (χ1n) is 7.61. The number of aliphatic hydroxyl groups is 1. The Morgan fingerprint density at radius 3 is 2.64 bits per heavy atom. The van der Waals surface area contributed by atoms with Crippen molar-refractivity contribution in [3.8, 4) is 0 Å². The number of aliphatic hydroxyl groups excluding tert-OH is 1. The van der Waals surface area contributed by atoms with Crippen LogP contribution in [-0.4, -0.2) is 40.8 Å². The molecule has 1 fully saturated rings. The molecule has 1 atom stereocenters. The summed E-state index contributed by atoms with van der Waals surface area (Å²) < 4.78 is 5.44. The Labute approximate surface area is 130 Å². The summed E-state index contributed by atoms with van der Waals surface area (Å²) in [5.74, 6) is 1.32. The number of benzene rings is 1. The first kappa shape index (κ1) is 15.0. The second-order valence-electron chi connectivity index (χ2n) is 5.93. The Hall–Kier alpha value is -1.92. The average molecular weight is 302 g/mol. The van der Waals surface area contributed by atoms with E-state index in [0.29, 0.717) is 11.8 Å². The van der Waals surface area contributed by atoms with E-state index in [4.69, 9.17) is 9.63 Å². The second kappa shape index (κ2) is 6.46. The van der Waals surface area contributed by atoms with Gasteiger partial charge in [0, 0.05) is 20.6 Å². The lowest BCUT2D eigenvalue weighted by molar-refractivity contribution is 0.201. The molecular weight excluding hydrogens is 280 g/mol. The molecular formula is C16H22N4O2. The fraction of sp³-hybridized carbons (Fsp3) is 0.500. The summed E-state index contributed by atoms with van der Waals surface area (Å²) in [5, 5.41) is 13.1. The maximum absolute atomic E-state index is 9.11. The first-order chi connectivity index (χ1) is 10.7. The summed E-state index contributed by atoms with van der Waals surface area (Å²) in [7, 11) is 3.81. The smallest absolute Gasteiger partial charge is 0.265 e. The number of likely N-dealkylation sites (tertiary alicyclic amines) is 1. The van der Waals surface area contributed by atoms with E-state index in [2.05, 4.69) is 27.2 Å². The Balaban J connectivity index is 1.71. The summed E-state index contributed by atoms with van der Waals surface area (Å²) in [5.41, 5.74) is 2.17. The van der Waals surface area contributed by atoms with Gasteiger partial charge in [-0.3, -0.25) is 4.90 Å². The molecule has 3 rings (SSSR count). The van der Waals surface area contributed by atoms with Gasteiger partial charge in [0.05, 0.1) is 12.6 Å². The monoisotopic (exact) mass is 302 g/mol. The zero-order chi connectivity index (χ0) is 15.5. The van der Waals surface area contributed by atoms with E-state index in [0.717, 1.165) is 31.5 Å². The molecule has 1 saturated heterocycles. The van der Waals surface area contributed by atoms with Gasteiger partial charge >= 0.3 is 0 Å². The van der Waals surface area contributed by atoms with Crippen LogP contribution in [0.4, 0.5) is 5.95 Å². The Bertz CT molecular complexity index is 609. The highest BCUT2D eigenvalue weighted by atomic mass is 16.5. The van der Waals surface area contributed by atoms with Gasteiger partial charge in [0.1, 0.15) is 0 Å². The van der Waals surface area contributed by atoms with Gasteiger partial charge in [-0.05, 0) is 35.7 Å². The van der Waals surface area contributed by atoms with Gasteiger partial charge in [-0.25, -0.2) is 0 Å². The normalized spacial score (nSPS) is 18.8. The van der Waals surface area contributed by atoms with Crippen LogP contribution in [0.3, 0.4) is 0 Å². The lowest BCUT2D eigenvalue weighted by Crippen LogP contribution is -2.23. The van der Waals surface area contributed by atoms with Crippen LogP contribution in [0.5, 0.6) is 0 Å². The van der Waals surface area contributed by atoms with E-state index in [9.17, 15) is 0 Å². The van der Waals surface area contributed by atoms with Crippen molar-refractivity contribution in [3.05, 3.63) is 41.3 Å². The van der Waals surface area contributed by atoms with E-state index in [1.807, 2.05) is 31.1 Å². The van der Waals surface area contributed by atoms with Crippen molar-refractivity contribution in [2.24, 2.45) is 0 Å². The average Bonchev–Trinajstić information content (AvgIpc) is 3.16. The summed E-state index contributed by atoms with van der Waals surface area (Å²) in [6.45, 7) is 1.98. The van der Waals surface area contributed by atoms with E-state index in [-0.39, 0.29) is 12.6 Å². The molecule has 0 radical (unpaired) electrons. The minimum Gasteiger partial charge on any atom is -0.392 e. The first-order valence-corrected chi connectivity index (χ1v) is 7.61. The van der Waals surface area contributed by atoms with Gasteiger partial charge in [-0.1, -0.05) is 24.3 Å². The lowest BCUT2D eigenvalue weighted by atomic mass is 10.1. The number of hydrogen-bond acceptors (Lipinski definition) is 6. The molecule has 0 aliphatic carbocycles. The largest absolute Gasteiger partial charge is 0.392 e. The van der Waals surface area contributed by atoms with Gasteiger partial charge in [0.2, 0.25) is 5.89 Å². The summed E-state index contributed by atoms with van der Waals surface area (Å²) in [4.78, 5) is 8.71. The van der Waals surface area contributed by atoms with E-state index < -0.39 is 0 Å². The third-order valence-electron chi connectivity index (χ3n) is 4.07. The van der Waals surface area contributed by atoms with Gasteiger partial charge in [-0.15, -0.1) is 0 Å². The molecule has 1 aliphatic heterocycles. The number of rotatable bonds is 5. The quantitative estimate of drug-likeness (QED) is 0.911. The Morgan fingerprint density at radius 2 is 2.00 bits per heavy atom. The third-order valence-corrected chi connectivity index (χ3v) is 4.07. The highest BCUT2D eigenvalue weighted by Gasteiger charge is 2.30. The molecule has 1 N–H and O–H groups in total. The highest BCUT2D eigenvalue weighted by molar-refractivity contribution is 5.25. The van der Waals surface area contributed by atoms with Crippen molar-refractivity contribution in [3.63, 3.8) is 0 Å². The molecule has 0 amide bonds. The molecule has 1 aliphatic rings. The van der Waals surface area contributed by atoms with Gasteiger partial charge in [0.25, 0.3) is 5.95 Å². The topological polar surface area (TPSA) is 65.6 Å². The standard InChI is InChI=1S/C16H22N4O2/c1-19(2)16-17-15(22-18-16)14-4-3-9-20(14)10-12-5-7-13(11-21)8-6-12/h5-8,14,21H,3-4,9-11H2,1-2H3. The predicted molar refractivity (Wildman–Crippen MR) is 83.4 cm³/mol. The van der Waals surface area contributed by atoms with Crippen LogP contribution >= 0.6 is 0 Å². The molecule has 6 heteroatoms. The van der Waals surface area contributed by atoms with Gasteiger partial charge in [0.15, 0.2) is 0 Å². The second-order valence-corrected chi connectivity index (χ2v) is 5.93. The van der Waals surface area contributed by atoms with Crippen LogP contribution < -0.4 is 4.90 Å². The number of hydrogen-bond donors (Lipinski definition) is 1. The number of nitrogens with zero attached hydrogens (tertiary/aromatic N) is 4. The van der Waals surface area contributed by atoms with Crippen LogP contribution in [-0.2, 0) is 13.2 Å². The van der Waals surface area contributed by atoms with E-state index in [1.165, 1.54) is 5.56 Å². The molecule has 0 bridgehead atoms. The van der Waals surface area contributed by atoms with Crippen LogP contribution in [0.15, 0.2) is 28.8 Å². The van der Waals surface area contributed by atoms with Crippen molar-refractivity contribution in [1.82, 2.24) is 15.0 Å². The molecule has 0 saturated carbocycles. The Kier molecular flexibility index (Phi) is 4.40. The van der Waals surface area contributed by atoms with Gasteiger partial charge < -0.3 is 14.5 Å². The lowest BCUT2D eigenvalue weighted by Gasteiger charge is -2.21. The summed E-state index contributed by atoms with van der Waals surface area (Å²) >= 11 is 0. The maximum atomic E-state index is 9.11. The molecule has 1 aromatic heterocycles. The van der Waals surface area contributed by atoms with E-state index >= 15 is 0 Å². The van der Waals surface area contributed by atoms with Crippen LogP contribution in [0, 0.1) is 0 Å². The van der Waals surface area contributed by atoms with Crippen molar-refractivity contribution in [2.75, 3.05) is 25.5 Å². The zero-order valence-corrected chi connectivity index (χ0v) is 13.1. The van der Waals surface area contributed by atoms with Crippen molar-refractivity contribution in [2.45, 2.75) is 32.0 Å². The molecule has 2 heterocycles. The SMILES string of the molecule is CN(C)c1noc(C2CCCN2Cc2ccc(CO)cc2)n1. The molecule has 1 unspecified atom stereocenters. The van der Waals surface area contributed by atoms with Gasteiger partial charge in [-0.2, -0.15) is 4.98 Å². The predicted octanol–water partition coefficient (Wildman–Crippen LogP) is 1.96. The number of anilines is 1. The maximum Gasteiger partial charge on any atom is 0.265 e. The van der Waals surface area contributed by atoms with Crippen molar-refractivity contribution in [1.29, 1.82) is 0 Å². The van der Waals surface area contributed by atoms with Crippen molar-refractivity contribution < 1.29 is 9.63 Å². The third kappa shape index (κ3) is 3.13. The molecule has 22 heavy (non-hydrogen) atoms. The molecule has 6 nitrogen and oxygen atoms in total. The molecule has 0 spiro atoms. The fourth-order valence-electron chi connectivity index (χ4n) is 2.82. The molecule has 118 valence electrons. The minimum atomic E-state index is 0.0852. The van der Waals surface area contributed by atoms with Crippen molar-refractivity contribution >= 4 is 5.95 Å². The summed E-state index contributed by atoms with van der Waals surface area (Å²) in [6.07, 6.45) is 2.18. The summed E-state index contributed by atoms with van der Waals surface area (Å²) in [6, 6.07) is 8.27. The van der Waals surface area contributed by atoms with E-state index in [1.54, 1.807) is 0 Å². The van der Waals surface area contributed by atoms with Crippen LogP contribution in [0.1, 0.15) is 35.9 Å². The van der Waals surface area contributed by atoms with Crippen LogP contribution in [0.25, 0.3) is 0 Å². The molecule has 2 aromatic rings.